The van der Waals surface area contributed by atoms with Gasteiger partial charge >= 0.3 is 5.97 Å². The number of aromatic nitrogens is 1. The molecule has 0 N–H and O–H groups in total. The lowest BCUT2D eigenvalue weighted by atomic mass is 9.92. The van der Waals surface area contributed by atoms with Gasteiger partial charge in [-0.05, 0) is 87.8 Å². The van der Waals surface area contributed by atoms with Crippen LogP contribution < -0.4 is 10.3 Å². The fourth-order valence-corrected chi connectivity index (χ4v) is 5.69. The number of methoxy groups -OCH3 is 1. The van der Waals surface area contributed by atoms with Crippen LogP contribution in [-0.4, -0.2) is 41.7 Å². The lowest BCUT2D eigenvalue weighted by Gasteiger charge is -2.34. The van der Waals surface area contributed by atoms with Gasteiger partial charge in [-0.25, -0.2) is 13.6 Å². The molecule has 1 saturated heterocycles. The summed E-state index contributed by atoms with van der Waals surface area (Å²) in [6.07, 6.45) is 4.99. The van der Waals surface area contributed by atoms with Crippen LogP contribution in [-0.2, 0) is 11.3 Å². The lowest BCUT2D eigenvalue weighted by molar-refractivity contribution is 0.0599. The highest BCUT2D eigenvalue weighted by Gasteiger charge is 2.32. The molecule has 40 heavy (non-hydrogen) atoms. The number of rotatable bonds is 8. The molecule has 212 valence electrons. The zero-order chi connectivity index (χ0) is 28.6. The highest BCUT2D eigenvalue weighted by molar-refractivity contribution is 5.90. The normalized spacial score (nSPS) is 16.4. The van der Waals surface area contributed by atoms with Gasteiger partial charge in [-0.2, -0.15) is 0 Å². The second-order valence-electron chi connectivity index (χ2n) is 11.2. The predicted octanol–water partition coefficient (Wildman–Crippen LogP) is 6.39. The van der Waals surface area contributed by atoms with E-state index in [-0.39, 0.29) is 46.6 Å². The molecule has 0 bridgehead atoms. The minimum atomic E-state index is -0.515. The van der Waals surface area contributed by atoms with Gasteiger partial charge in [0.15, 0.2) is 11.6 Å². The van der Waals surface area contributed by atoms with Crippen molar-refractivity contribution in [3.63, 3.8) is 0 Å². The molecular weight excluding hydrogens is 514 g/mol. The maximum absolute atomic E-state index is 16.3. The van der Waals surface area contributed by atoms with Gasteiger partial charge in [-0.15, -0.1) is 0 Å². The van der Waals surface area contributed by atoms with Crippen molar-refractivity contribution in [2.24, 2.45) is 0 Å². The predicted molar refractivity (Wildman–Crippen MR) is 150 cm³/mol. The Morgan fingerprint density at radius 2 is 1.73 bits per heavy atom. The second kappa shape index (κ2) is 11.5. The molecule has 0 unspecified atom stereocenters. The summed E-state index contributed by atoms with van der Waals surface area (Å²) in [5.74, 6) is -0.713. The Bertz CT molecular complexity index is 1450. The molecule has 2 heterocycles. The lowest BCUT2D eigenvalue weighted by Crippen LogP contribution is -2.38. The topological polar surface area (TPSA) is 60.8 Å². The molecule has 1 aliphatic heterocycles. The van der Waals surface area contributed by atoms with E-state index in [1.807, 2.05) is 13.8 Å². The van der Waals surface area contributed by atoms with Gasteiger partial charge in [0.2, 0.25) is 0 Å². The van der Waals surface area contributed by atoms with E-state index in [0.29, 0.717) is 23.2 Å². The van der Waals surface area contributed by atoms with Crippen molar-refractivity contribution >= 4 is 5.97 Å². The maximum Gasteiger partial charge on any atom is 0.338 e. The third-order valence-corrected chi connectivity index (χ3v) is 7.94. The second-order valence-corrected chi connectivity index (χ2v) is 11.2. The summed E-state index contributed by atoms with van der Waals surface area (Å²) in [6.45, 7) is 7.41. The first-order chi connectivity index (χ1) is 19.2. The first kappa shape index (κ1) is 28.0. The number of carbonyl (C=O) groups is 1. The number of nitrogens with zero attached hydrogens (tertiary/aromatic N) is 2. The van der Waals surface area contributed by atoms with Crippen LogP contribution in [0, 0.1) is 18.6 Å². The fraction of sp³-hybridized carbons (Fsp3) is 0.438. The zero-order valence-electron chi connectivity index (χ0n) is 23.5. The molecule has 1 aliphatic carbocycles. The van der Waals surface area contributed by atoms with Crippen molar-refractivity contribution in [1.29, 1.82) is 0 Å². The third-order valence-electron chi connectivity index (χ3n) is 7.94. The number of piperidine rings is 1. The van der Waals surface area contributed by atoms with Gasteiger partial charge in [-0.1, -0.05) is 12.1 Å². The van der Waals surface area contributed by atoms with E-state index in [9.17, 15) is 14.0 Å². The largest absolute Gasteiger partial charge is 0.488 e. The Hall–Kier alpha value is -3.52. The minimum Gasteiger partial charge on any atom is -0.488 e. The van der Waals surface area contributed by atoms with E-state index in [0.717, 1.165) is 49.9 Å². The number of hydrogen-bond donors (Lipinski definition) is 0. The van der Waals surface area contributed by atoms with Gasteiger partial charge in [0, 0.05) is 48.6 Å². The molecule has 0 spiro atoms. The quantitative estimate of drug-likeness (QED) is 0.304. The average molecular weight is 551 g/mol. The molecule has 2 fully saturated rings. The van der Waals surface area contributed by atoms with Gasteiger partial charge in [0.25, 0.3) is 5.56 Å². The van der Waals surface area contributed by atoms with Crippen LogP contribution in [0.1, 0.15) is 78.5 Å². The summed E-state index contributed by atoms with van der Waals surface area (Å²) < 4.78 is 42.5. The Kier molecular flexibility index (Phi) is 8.08. The highest BCUT2D eigenvalue weighted by atomic mass is 19.1. The van der Waals surface area contributed by atoms with Crippen LogP contribution in [0.2, 0.25) is 0 Å². The summed E-state index contributed by atoms with van der Waals surface area (Å²) in [7, 11) is 1.30. The van der Waals surface area contributed by atoms with Crippen LogP contribution in [0.5, 0.6) is 5.75 Å². The number of pyridine rings is 1. The van der Waals surface area contributed by atoms with Gasteiger partial charge in [0.1, 0.15) is 5.82 Å². The maximum atomic E-state index is 16.3. The van der Waals surface area contributed by atoms with E-state index in [2.05, 4.69) is 11.0 Å². The van der Waals surface area contributed by atoms with Crippen molar-refractivity contribution in [3.05, 3.63) is 86.8 Å². The molecule has 1 saturated carbocycles. The average Bonchev–Trinajstić information content (AvgIpc) is 3.78. The number of benzene rings is 2. The number of halogens is 2. The van der Waals surface area contributed by atoms with Gasteiger partial charge < -0.3 is 14.0 Å². The third kappa shape index (κ3) is 5.68. The van der Waals surface area contributed by atoms with Crippen LogP contribution >= 0.6 is 0 Å². The Labute approximate surface area is 233 Å². The summed E-state index contributed by atoms with van der Waals surface area (Å²) in [5.41, 5.74) is 3.42. The van der Waals surface area contributed by atoms with Crippen LogP contribution in [0.25, 0.3) is 11.1 Å². The molecule has 1 aromatic heterocycles. The van der Waals surface area contributed by atoms with Crippen molar-refractivity contribution in [2.45, 2.75) is 71.1 Å². The van der Waals surface area contributed by atoms with Crippen LogP contribution in [0.4, 0.5) is 8.78 Å². The van der Waals surface area contributed by atoms with Crippen LogP contribution in [0.15, 0.2) is 47.4 Å². The molecule has 8 heteroatoms. The number of hydrogen-bond acceptors (Lipinski definition) is 5. The number of carbonyl (C=O) groups excluding carboxylic acids is 1. The van der Waals surface area contributed by atoms with Crippen molar-refractivity contribution in [3.8, 4) is 16.9 Å². The fourth-order valence-electron chi connectivity index (χ4n) is 5.69. The molecule has 2 aromatic carbocycles. The summed E-state index contributed by atoms with van der Waals surface area (Å²) in [5, 5.41) is 0. The van der Waals surface area contributed by atoms with E-state index < -0.39 is 5.97 Å². The SMILES string of the molecule is COC(=O)c1ccn(C2CCN(Cc3cc(C4CC4)c(-c4ccc(F)cc4)c(F)c3OC(C)C)CC2)c(=O)c1C. The van der Waals surface area contributed by atoms with Gasteiger partial charge in [0.05, 0.1) is 18.8 Å². The van der Waals surface area contributed by atoms with Crippen molar-refractivity contribution in [1.82, 2.24) is 9.47 Å². The Morgan fingerprint density at radius 1 is 1.05 bits per heavy atom. The summed E-state index contributed by atoms with van der Waals surface area (Å²) in [4.78, 5) is 27.2. The Balaban J connectivity index is 1.39. The van der Waals surface area contributed by atoms with E-state index in [4.69, 9.17) is 9.47 Å². The molecule has 0 amide bonds. The van der Waals surface area contributed by atoms with Crippen molar-refractivity contribution < 1.29 is 23.0 Å². The molecule has 3 aromatic rings. The monoisotopic (exact) mass is 550 g/mol. The Morgan fingerprint density at radius 3 is 2.33 bits per heavy atom. The summed E-state index contributed by atoms with van der Waals surface area (Å²) in [6, 6.07) is 9.73. The standard InChI is InChI=1S/C32H36F2N2O4/c1-19(2)40-30-23(17-27(21-5-6-21)28(29(30)34)22-7-9-24(33)10-8-22)18-35-14-11-25(12-15-35)36-16-13-26(32(38)39-4)20(3)31(36)37/h7-10,13,16-17,19,21,25H,5-6,11-12,14-15,18H2,1-4H3. The first-order valence-corrected chi connectivity index (χ1v) is 14.0. The molecule has 0 radical (unpaired) electrons. The van der Waals surface area contributed by atoms with E-state index in [1.165, 1.54) is 19.2 Å². The molecular formula is C32H36F2N2O4. The number of esters is 1. The first-order valence-electron chi connectivity index (χ1n) is 14.0. The number of ether oxygens (including phenoxy) is 2. The minimum absolute atomic E-state index is 0.0140. The molecule has 5 rings (SSSR count). The highest BCUT2D eigenvalue weighted by Crippen LogP contribution is 2.48. The molecule has 2 aliphatic rings. The smallest absolute Gasteiger partial charge is 0.338 e. The molecule has 6 nitrogen and oxygen atoms in total. The van der Waals surface area contributed by atoms with E-state index >= 15 is 4.39 Å². The van der Waals surface area contributed by atoms with Crippen molar-refractivity contribution in [2.75, 3.05) is 20.2 Å². The summed E-state index contributed by atoms with van der Waals surface area (Å²) >= 11 is 0. The molecule has 0 atom stereocenters. The zero-order valence-corrected chi connectivity index (χ0v) is 23.5. The van der Waals surface area contributed by atoms with Crippen LogP contribution in [0.3, 0.4) is 0 Å². The van der Waals surface area contributed by atoms with E-state index in [1.54, 1.807) is 35.9 Å². The van der Waals surface area contributed by atoms with Gasteiger partial charge in [-0.3, -0.25) is 9.69 Å². The number of likely N-dealkylation sites (tertiary alicyclic amines) is 1.